The Kier molecular flexibility index (Phi) is 6.23. The molecule has 0 aromatic heterocycles. The summed E-state index contributed by atoms with van der Waals surface area (Å²) < 4.78 is 0. The monoisotopic (exact) mass is 227 g/mol. The molecule has 0 heterocycles. The van der Waals surface area contributed by atoms with Crippen LogP contribution in [-0.4, -0.2) is 37.1 Å². The fourth-order valence-electron chi connectivity index (χ4n) is 2.13. The fraction of sp³-hybridized carbons (Fsp3) is 0.917. The van der Waals surface area contributed by atoms with E-state index in [-0.39, 0.29) is 6.03 Å². The molecule has 0 aromatic rings. The van der Waals surface area contributed by atoms with E-state index in [4.69, 9.17) is 5.73 Å². The molecule has 2 amide bonds. The smallest absolute Gasteiger partial charge is 0.317 e. The van der Waals surface area contributed by atoms with Gasteiger partial charge in [0.2, 0.25) is 0 Å². The highest BCUT2D eigenvalue weighted by Crippen LogP contribution is 2.17. The highest BCUT2D eigenvalue weighted by atomic mass is 16.2. The van der Waals surface area contributed by atoms with Crippen molar-refractivity contribution in [1.82, 2.24) is 10.2 Å². The Labute approximate surface area is 98.6 Å². The van der Waals surface area contributed by atoms with Crippen LogP contribution in [0.3, 0.4) is 0 Å². The molecule has 0 unspecified atom stereocenters. The molecule has 0 bridgehead atoms. The third-order valence-corrected chi connectivity index (χ3v) is 3.23. The standard InChI is InChI=1S/C12H25N3O/c1-15(10-6-2-5-9-13)12(16)14-11-7-3-4-8-11/h11H,2-10,13H2,1H3,(H,14,16). The number of unbranched alkanes of at least 4 members (excludes halogenated alkanes) is 2. The van der Waals surface area contributed by atoms with Crippen LogP contribution in [0.25, 0.3) is 0 Å². The van der Waals surface area contributed by atoms with Crippen LogP contribution < -0.4 is 11.1 Å². The van der Waals surface area contributed by atoms with E-state index < -0.39 is 0 Å². The Hall–Kier alpha value is -0.770. The van der Waals surface area contributed by atoms with Gasteiger partial charge in [-0.25, -0.2) is 4.79 Å². The lowest BCUT2D eigenvalue weighted by atomic mass is 10.2. The minimum atomic E-state index is 0.0830. The Bertz CT molecular complexity index is 202. The first-order chi connectivity index (χ1) is 7.74. The normalized spacial score (nSPS) is 16.4. The number of nitrogens with one attached hydrogen (secondary N) is 1. The largest absolute Gasteiger partial charge is 0.335 e. The molecule has 0 aromatic carbocycles. The molecule has 1 fully saturated rings. The zero-order valence-electron chi connectivity index (χ0n) is 10.4. The summed E-state index contributed by atoms with van der Waals surface area (Å²) in [4.78, 5) is 13.5. The number of nitrogens with zero attached hydrogens (tertiary/aromatic N) is 1. The van der Waals surface area contributed by atoms with Gasteiger partial charge in [-0.2, -0.15) is 0 Å². The first kappa shape index (κ1) is 13.3. The van der Waals surface area contributed by atoms with E-state index >= 15 is 0 Å². The van der Waals surface area contributed by atoms with E-state index in [9.17, 15) is 4.79 Å². The van der Waals surface area contributed by atoms with E-state index in [2.05, 4.69) is 5.32 Å². The highest BCUT2D eigenvalue weighted by Gasteiger charge is 2.18. The predicted molar refractivity (Wildman–Crippen MR) is 66.3 cm³/mol. The maximum Gasteiger partial charge on any atom is 0.317 e. The van der Waals surface area contributed by atoms with E-state index in [0.29, 0.717) is 6.04 Å². The summed E-state index contributed by atoms with van der Waals surface area (Å²) in [5, 5.41) is 3.08. The van der Waals surface area contributed by atoms with Crippen molar-refractivity contribution < 1.29 is 4.79 Å². The number of urea groups is 1. The lowest BCUT2D eigenvalue weighted by molar-refractivity contribution is 0.204. The topological polar surface area (TPSA) is 58.4 Å². The number of amides is 2. The van der Waals surface area contributed by atoms with E-state index in [1.807, 2.05) is 7.05 Å². The van der Waals surface area contributed by atoms with Crippen molar-refractivity contribution in [3.05, 3.63) is 0 Å². The third-order valence-electron chi connectivity index (χ3n) is 3.23. The quantitative estimate of drug-likeness (QED) is 0.679. The number of hydrogen-bond donors (Lipinski definition) is 2. The van der Waals surface area contributed by atoms with Crippen molar-refractivity contribution in [2.45, 2.75) is 51.0 Å². The number of nitrogens with two attached hydrogens (primary N) is 1. The lowest BCUT2D eigenvalue weighted by Gasteiger charge is -2.20. The van der Waals surface area contributed by atoms with Gasteiger partial charge < -0.3 is 16.0 Å². The first-order valence-corrected chi connectivity index (χ1v) is 6.45. The summed E-state index contributed by atoms with van der Waals surface area (Å²) in [5.74, 6) is 0. The van der Waals surface area contributed by atoms with Gasteiger partial charge in [-0.1, -0.05) is 19.3 Å². The van der Waals surface area contributed by atoms with Crippen LogP contribution in [0.4, 0.5) is 4.79 Å². The van der Waals surface area contributed by atoms with Gasteiger partial charge in [0.05, 0.1) is 0 Å². The third kappa shape index (κ3) is 4.84. The van der Waals surface area contributed by atoms with Gasteiger partial charge >= 0.3 is 6.03 Å². The van der Waals surface area contributed by atoms with Crippen molar-refractivity contribution in [2.24, 2.45) is 5.73 Å². The number of carbonyl (C=O) groups excluding carboxylic acids is 1. The Morgan fingerprint density at radius 3 is 2.62 bits per heavy atom. The maximum atomic E-state index is 11.8. The summed E-state index contributed by atoms with van der Waals surface area (Å²) >= 11 is 0. The SMILES string of the molecule is CN(CCCCCN)C(=O)NC1CCCC1. The Morgan fingerprint density at radius 1 is 1.31 bits per heavy atom. The Balaban J connectivity index is 2.09. The minimum Gasteiger partial charge on any atom is -0.335 e. The summed E-state index contributed by atoms with van der Waals surface area (Å²) in [5.41, 5.74) is 5.42. The number of carbonyl (C=O) groups is 1. The lowest BCUT2D eigenvalue weighted by Crippen LogP contribution is -2.42. The van der Waals surface area contributed by atoms with Crippen LogP contribution in [0.5, 0.6) is 0 Å². The second-order valence-electron chi connectivity index (χ2n) is 4.70. The molecule has 1 saturated carbocycles. The van der Waals surface area contributed by atoms with Crippen LogP contribution in [0, 0.1) is 0 Å². The molecule has 1 aliphatic carbocycles. The summed E-state index contributed by atoms with van der Waals surface area (Å²) in [7, 11) is 1.87. The fourth-order valence-corrected chi connectivity index (χ4v) is 2.13. The Morgan fingerprint density at radius 2 is 2.00 bits per heavy atom. The van der Waals surface area contributed by atoms with Gasteiger partial charge in [-0.15, -0.1) is 0 Å². The van der Waals surface area contributed by atoms with Crippen LogP contribution in [-0.2, 0) is 0 Å². The molecule has 0 saturated heterocycles. The predicted octanol–water partition coefficient (Wildman–Crippen LogP) is 1.70. The second kappa shape index (κ2) is 7.49. The summed E-state index contributed by atoms with van der Waals surface area (Å²) in [6.45, 7) is 1.58. The number of rotatable bonds is 6. The average Bonchev–Trinajstić information content (AvgIpc) is 2.76. The summed E-state index contributed by atoms with van der Waals surface area (Å²) in [6, 6.07) is 0.499. The van der Waals surface area contributed by atoms with Gasteiger partial charge in [0.25, 0.3) is 0 Å². The average molecular weight is 227 g/mol. The molecule has 94 valence electrons. The van der Waals surface area contributed by atoms with Crippen molar-refractivity contribution in [1.29, 1.82) is 0 Å². The minimum absolute atomic E-state index is 0.0830. The van der Waals surface area contributed by atoms with Crippen molar-refractivity contribution >= 4 is 6.03 Å². The van der Waals surface area contributed by atoms with E-state index in [0.717, 1.165) is 45.2 Å². The van der Waals surface area contributed by atoms with Gasteiger partial charge in [0.15, 0.2) is 0 Å². The van der Waals surface area contributed by atoms with Gasteiger partial charge in [0.1, 0.15) is 0 Å². The molecule has 1 rings (SSSR count). The molecule has 16 heavy (non-hydrogen) atoms. The van der Waals surface area contributed by atoms with Crippen molar-refractivity contribution in [2.75, 3.05) is 20.1 Å². The van der Waals surface area contributed by atoms with Crippen LogP contribution in [0.15, 0.2) is 0 Å². The van der Waals surface area contributed by atoms with Crippen LogP contribution in [0.2, 0.25) is 0 Å². The molecule has 1 aliphatic rings. The maximum absolute atomic E-state index is 11.8. The molecular weight excluding hydrogens is 202 g/mol. The second-order valence-corrected chi connectivity index (χ2v) is 4.70. The van der Waals surface area contributed by atoms with Crippen molar-refractivity contribution in [3.8, 4) is 0 Å². The van der Waals surface area contributed by atoms with Gasteiger partial charge in [0, 0.05) is 19.6 Å². The molecule has 4 heteroatoms. The molecule has 0 atom stereocenters. The molecule has 3 N–H and O–H groups in total. The highest BCUT2D eigenvalue weighted by molar-refractivity contribution is 5.74. The van der Waals surface area contributed by atoms with Crippen molar-refractivity contribution in [3.63, 3.8) is 0 Å². The van der Waals surface area contributed by atoms with Crippen LogP contribution in [0.1, 0.15) is 44.9 Å². The molecular formula is C12H25N3O. The zero-order valence-corrected chi connectivity index (χ0v) is 10.4. The molecule has 0 aliphatic heterocycles. The first-order valence-electron chi connectivity index (χ1n) is 6.45. The van der Waals surface area contributed by atoms with E-state index in [1.54, 1.807) is 4.90 Å². The molecule has 0 spiro atoms. The zero-order chi connectivity index (χ0) is 11.8. The van der Waals surface area contributed by atoms with Crippen LogP contribution >= 0.6 is 0 Å². The summed E-state index contributed by atoms with van der Waals surface area (Å²) in [6.07, 6.45) is 8.01. The molecule has 0 radical (unpaired) electrons. The van der Waals surface area contributed by atoms with E-state index in [1.165, 1.54) is 12.8 Å². The molecule has 4 nitrogen and oxygen atoms in total. The van der Waals surface area contributed by atoms with Gasteiger partial charge in [-0.05, 0) is 32.2 Å². The number of hydrogen-bond acceptors (Lipinski definition) is 2. The van der Waals surface area contributed by atoms with Gasteiger partial charge in [-0.3, -0.25) is 0 Å².